The van der Waals surface area contributed by atoms with Crippen molar-refractivity contribution in [1.29, 1.82) is 5.26 Å². The molecule has 4 heteroatoms. The SMILES string of the molecule is COC1CCCCC1Nc1ccc(Br)cc1C#N. The van der Waals surface area contributed by atoms with Crippen molar-refractivity contribution >= 4 is 21.6 Å². The Hall–Kier alpha value is -1.05. The van der Waals surface area contributed by atoms with E-state index in [1.807, 2.05) is 18.2 Å². The molecule has 18 heavy (non-hydrogen) atoms. The van der Waals surface area contributed by atoms with Gasteiger partial charge in [0, 0.05) is 11.6 Å². The third kappa shape index (κ3) is 3.04. The van der Waals surface area contributed by atoms with Crippen molar-refractivity contribution in [2.24, 2.45) is 0 Å². The predicted molar refractivity (Wildman–Crippen MR) is 75.5 cm³/mol. The number of hydrogen-bond donors (Lipinski definition) is 1. The summed E-state index contributed by atoms with van der Waals surface area (Å²) in [5, 5.41) is 12.6. The highest BCUT2D eigenvalue weighted by Gasteiger charge is 2.25. The number of hydrogen-bond acceptors (Lipinski definition) is 3. The van der Waals surface area contributed by atoms with E-state index in [0.29, 0.717) is 11.6 Å². The third-order valence-electron chi connectivity index (χ3n) is 3.45. The maximum atomic E-state index is 9.15. The molecule has 2 unspecified atom stereocenters. The lowest BCUT2D eigenvalue weighted by atomic mass is 9.92. The zero-order chi connectivity index (χ0) is 13.0. The van der Waals surface area contributed by atoms with Crippen molar-refractivity contribution in [2.45, 2.75) is 37.8 Å². The zero-order valence-electron chi connectivity index (χ0n) is 10.4. The van der Waals surface area contributed by atoms with E-state index in [9.17, 15) is 0 Å². The number of benzene rings is 1. The molecule has 1 fully saturated rings. The second-order valence-corrected chi connectivity index (χ2v) is 5.53. The van der Waals surface area contributed by atoms with Crippen LogP contribution in [0.2, 0.25) is 0 Å². The highest BCUT2D eigenvalue weighted by atomic mass is 79.9. The van der Waals surface area contributed by atoms with E-state index in [1.165, 1.54) is 12.8 Å². The molecule has 1 aromatic carbocycles. The first-order valence-electron chi connectivity index (χ1n) is 6.23. The first kappa shape index (κ1) is 13.4. The van der Waals surface area contributed by atoms with E-state index in [2.05, 4.69) is 27.3 Å². The number of halogens is 1. The summed E-state index contributed by atoms with van der Waals surface area (Å²) in [7, 11) is 1.76. The molecule has 0 amide bonds. The zero-order valence-corrected chi connectivity index (χ0v) is 12.0. The van der Waals surface area contributed by atoms with Gasteiger partial charge in [-0.25, -0.2) is 0 Å². The Balaban J connectivity index is 2.15. The molecule has 1 N–H and O–H groups in total. The van der Waals surface area contributed by atoms with Crippen LogP contribution in [0.5, 0.6) is 0 Å². The van der Waals surface area contributed by atoms with Gasteiger partial charge in [0.1, 0.15) is 6.07 Å². The summed E-state index contributed by atoms with van der Waals surface area (Å²) >= 11 is 3.38. The van der Waals surface area contributed by atoms with Crippen LogP contribution in [0.25, 0.3) is 0 Å². The molecule has 1 aliphatic carbocycles. The molecule has 2 atom stereocenters. The van der Waals surface area contributed by atoms with Gasteiger partial charge in [0.25, 0.3) is 0 Å². The van der Waals surface area contributed by atoms with Gasteiger partial charge in [0.2, 0.25) is 0 Å². The third-order valence-corrected chi connectivity index (χ3v) is 3.94. The maximum absolute atomic E-state index is 9.15. The molecule has 0 aliphatic heterocycles. The van der Waals surface area contributed by atoms with E-state index >= 15 is 0 Å². The van der Waals surface area contributed by atoms with Crippen LogP contribution in [-0.2, 0) is 4.74 Å². The molecule has 0 saturated heterocycles. The number of nitrogens with one attached hydrogen (secondary N) is 1. The lowest BCUT2D eigenvalue weighted by Crippen LogP contribution is -2.37. The van der Waals surface area contributed by atoms with Gasteiger partial charge in [-0.3, -0.25) is 0 Å². The highest BCUT2D eigenvalue weighted by molar-refractivity contribution is 9.10. The van der Waals surface area contributed by atoms with Crippen molar-refractivity contribution in [1.82, 2.24) is 0 Å². The lowest BCUT2D eigenvalue weighted by molar-refractivity contribution is 0.0606. The molecule has 1 aliphatic rings. The minimum absolute atomic E-state index is 0.244. The lowest BCUT2D eigenvalue weighted by Gasteiger charge is -2.32. The average Bonchev–Trinajstić information content (AvgIpc) is 2.41. The van der Waals surface area contributed by atoms with E-state index in [0.717, 1.165) is 23.0 Å². The van der Waals surface area contributed by atoms with Gasteiger partial charge in [0.15, 0.2) is 0 Å². The normalized spacial score (nSPS) is 23.4. The Morgan fingerprint density at radius 3 is 2.89 bits per heavy atom. The second-order valence-electron chi connectivity index (χ2n) is 4.61. The van der Waals surface area contributed by atoms with Gasteiger partial charge in [0.05, 0.1) is 23.4 Å². The quantitative estimate of drug-likeness (QED) is 0.926. The number of rotatable bonds is 3. The minimum Gasteiger partial charge on any atom is -0.379 e. The van der Waals surface area contributed by atoms with Crippen LogP contribution in [0.4, 0.5) is 5.69 Å². The van der Waals surface area contributed by atoms with E-state index < -0.39 is 0 Å². The van der Waals surface area contributed by atoms with Gasteiger partial charge in [-0.2, -0.15) is 5.26 Å². The fourth-order valence-electron chi connectivity index (χ4n) is 2.48. The summed E-state index contributed by atoms with van der Waals surface area (Å²) in [4.78, 5) is 0. The van der Waals surface area contributed by atoms with Gasteiger partial charge in [-0.1, -0.05) is 28.8 Å². The van der Waals surface area contributed by atoms with Crippen LogP contribution in [0.3, 0.4) is 0 Å². The summed E-state index contributed by atoms with van der Waals surface area (Å²) in [5.41, 5.74) is 1.57. The smallest absolute Gasteiger partial charge is 0.101 e. The molecule has 0 aromatic heterocycles. The number of anilines is 1. The van der Waals surface area contributed by atoms with E-state index in [4.69, 9.17) is 10.00 Å². The topological polar surface area (TPSA) is 45.0 Å². The van der Waals surface area contributed by atoms with E-state index in [1.54, 1.807) is 7.11 Å². The van der Waals surface area contributed by atoms with Crippen LogP contribution in [0.15, 0.2) is 22.7 Å². The number of nitrogens with zero attached hydrogens (tertiary/aromatic N) is 1. The fraction of sp³-hybridized carbons (Fsp3) is 0.500. The molecule has 1 aromatic rings. The Morgan fingerprint density at radius 2 is 2.17 bits per heavy atom. The van der Waals surface area contributed by atoms with E-state index in [-0.39, 0.29) is 6.10 Å². The Morgan fingerprint density at radius 1 is 1.39 bits per heavy atom. The summed E-state index contributed by atoms with van der Waals surface area (Å²) in [5.74, 6) is 0. The van der Waals surface area contributed by atoms with Crippen molar-refractivity contribution in [3.05, 3.63) is 28.2 Å². The summed E-state index contributed by atoms with van der Waals surface area (Å²) in [6.45, 7) is 0. The molecular weight excluding hydrogens is 292 g/mol. The van der Waals surface area contributed by atoms with Crippen LogP contribution >= 0.6 is 15.9 Å². The second kappa shape index (κ2) is 6.21. The molecule has 3 nitrogen and oxygen atoms in total. The molecule has 0 spiro atoms. The highest BCUT2D eigenvalue weighted by Crippen LogP contribution is 2.27. The average molecular weight is 309 g/mol. The summed E-state index contributed by atoms with van der Waals surface area (Å²) in [6, 6.07) is 8.27. The van der Waals surface area contributed by atoms with Crippen LogP contribution in [0.1, 0.15) is 31.2 Å². The molecule has 96 valence electrons. The van der Waals surface area contributed by atoms with Crippen molar-refractivity contribution < 1.29 is 4.74 Å². The van der Waals surface area contributed by atoms with Crippen molar-refractivity contribution in [3.8, 4) is 6.07 Å². The Labute approximate surface area is 116 Å². The molecule has 1 saturated carbocycles. The largest absolute Gasteiger partial charge is 0.379 e. The van der Waals surface area contributed by atoms with Crippen LogP contribution in [-0.4, -0.2) is 19.3 Å². The maximum Gasteiger partial charge on any atom is 0.101 e. The molecule has 0 heterocycles. The monoisotopic (exact) mass is 308 g/mol. The first-order chi connectivity index (χ1) is 8.74. The summed E-state index contributed by atoms with van der Waals surface area (Å²) in [6.07, 6.45) is 4.87. The van der Waals surface area contributed by atoms with Gasteiger partial charge in [-0.15, -0.1) is 0 Å². The number of methoxy groups -OCH3 is 1. The fourth-order valence-corrected chi connectivity index (χ4v) is 2.84. The molecular formula is C14H17BrN2O. The van der Waals surface area contributed by atoms with Crippen LogP contribution in [0, 0.1) is 11.3 Å². The van der Waals surface area contributed by atoms with Crippen molar-refractivity contribution in [2.75, 3.05) is 12.4 Å². The van der Waals surface area contributed by atoms with Gasteiger partial charge < -0.3 is 10.1 Å². The standard InChI is InChI=1S/C14H17BrN2O/c1-18-14-5-3-2-4-13(14)17-12-7-6-11(15)8-10(12)9-16/h6-8,13-14,17H,2-5H2,1H3. The number of ether oxygens (including phenoxy) is 1. The predicted octanol–water partition coefficient (Wildman–Crippen LogP) is 3.69. The summed E-state index contributed by atoms with van der Waals surface area (Å²) < 4.78 is 6.45. The number of nitriles is 1. The molecule has 0 bridgehead atoms. The Kier molecular flexibility index (Phi) is 4.62. The minimum atomic E-state index is 0.244. The van der Waals surface area contributed by atoms with Gasteiger partial charge in [-0.05, 0) is 31.0 Å². The van der Waals surface area contributed by atoms with Crippen molar-refractivity contribution in [3.63, 3.8) is 0 Å². The molecule has 2 rings (SSSR count). The van der Waals surface area contributed by atoms with Crippen LogP contribution < -0.4 is 5.32 Å². The molecule has 0 radical (unpaired) electrons. The Bertz CT molecular complexity index is 456. The van der Waals surface area contributed by atoms with Gasteiger partial charge >= 0.3 is 0 Å². The first-order valence-corrected chi connectivity index (χ1v) is 7.03.